The Morgan fingerprint density at radius 2 is 1.44 bits per heavy atom. The first-order chi connectivity index (χ1) is 21.6. The molecule has 0 aliphatic rings. The fourth-order valence-corrected chi connectivity index (χ4v) is 6.92. The number of sulfonamides is 1. The Morgan fingerprint density at radius 3 is 2.07 bits per heavy atom. The molecular formula is C34H34Cl3N3O4S. The molecule has 0 heterocycles. The lowest BCUT2D eigenvalue weighted by Crippen LogP contribution is -2.53. The molecule has 0 spiro atoms. The summed E-state index contributed by atoms with van der Waals surface area (Å²) in [6.45, 7) is 1.69. The number of rotatable bonds is 14. The molecule has 11 heteroatoms. The maximum atomic E-state index is 14.5. The van der Waals surface area contributed by atoms with Crippen molar-refractivity contribution in [3.63, 3.8) is 0 Å². The summed E-state index contributed by atoms with van der Waals surface area (Å²) < 4.78 is 29.1. The number of nitrogens with zero attached hydrogens (tertiary/aromatic N) is 2. The number of anilines is 1. The fraction of sp³-hybridized carbons (Fsp3) is 0.235. The van der Waals surface area contributed by atoms with Crippen molar-refractivity contribution in [1.29, 1.82) is 0 Å². The molecule has 0 fully saturated rings. The van der Waals surface area contributed by atoms with Gasteiger partial charge in [-0.2, -0.15) is 0 Å². The van der Waals surface area contributed by atoms with E-state index in [0.29, 0.717) is 27.2 Å². The Morgan fingerprint density at radius 1 is 0.822 bits per heavy atom. The van der Waals surface area contributed by atoms with Crippen LogP contribution in [0.25, 0.3) is 0 Å². The molecule has 0 radical (unpaired) electrons. The van der Waals surface area contributed by atoms with E-state index in [1.807, 2.05) is 37.3 Å². The molecule has 4 rings (SSSR count). The van der Waals surface area contributed by atoms with Crippen molar-refractivity contribution in [3.05, 3.63) is 129 Å². The summed E-state index contributed by atoms with van der Waals surface area (Å²) in [5, 5.41) is 3.88. The summed E-state index contributed by atoms with van der Waals surface area (Å²) in [6.07, 6.45) is 1.80. The van der Waals surface area contributed by atoms with Crippen molar-refractivity contribution in [2.45, 2.75) is 43.7 Å². The van der Waals surface area contributed by atoms with Gasteiger partial charge in [0.15, 0.2) is 0 Å². The minimum atomic E-state index is -4.24. The van der Waals surface area contributed by atoms with E-state index in [1.165, 1.54) is 23.1 Å². The lowest BCUT2D eigenvalue weighted by atomic mass is 10.0. The molecule has 1 unspecified atom stereocenters. The molecule has 45 heavy (non-hydrogen) atoms. The van der Waals surface area contributed by atoms with Crippen LogP contribution in [0.5, 0.6) is 0 Å². The molecule has 1 N–H and O–H groups in total. The quantitative estimate of drug-likeness (QED) is 0.140. The maximum Gasteiger partial charge on any atom is 0.264 e. The third-order valence-electron chi connectivity index (χ3n) is 7.20. The highest BCUT2D eigenvalue weighted by molar-refractivity contribution is 7.92. The van der Waals surface area contributed by atoms with Crippen molar-refractivity contribution in [3.8, 4) is 0 Å². The van der Waals surface area contributed by atoms with Gasteiger partial charge in [-0.25, -0.2) is 8.42 Å². The van der Waals surface area contributed by atoms with Crippen LogP contribution >= 0.6 is 34.8 Å². The standard InChI is InChI=1S/C34H34Cl3N3O4S/c1-2-3-20-38-34(42)32(21-25-12-6-4-7-13-25)39(23-29-30(36)18-11-19-31(29)37)33(41)24-40(27-15-10-14-26(35)22-27)45(43,44)28-16-8-5-9-17-28/h4-19,22,32H,2-3,20-21,23-24H2,1H3,(H,38,42). The fourth-order valence-electron chi connectivity index (χ4n) is 4.79. The normalized spacial score (nSPS) is 11.9. The van der Waals surface area contributed by atoms with Gasteiger partial charge in [-0.3, -0.25) is 13.9 Å². The van der Waals surface area contributed by atoms with Gasteiger partial charge in [-0.1, -0.05) is 109 Å². The summed E-state index contributed by atoms with van der Waals surface area (Å²) >= 11 is 19.4. The Balaban J connectivity index is 1.82. The Kier molecular flexibility index (Phi) is 12.3. The summed E-state index contributed by atoms with van der Waals surface area (Å²) in [7, 11) is -4.24. The van der Waals surface area contributed by atoms with Crippen LogP contribution in [0.4, 0.5) is 5.69 Å². The average Bonchev–Trinajstić information content (AvgIpc) is 3.03. The van der Waals surface area contributed by atoms with E-state index in [9.17, 15) is 18.0 Å². The number of benzene rings is 4. The number of carbonyl (C=O) groups is 2. The first-order valence-electron chi connectivity index (χ1n) is 14.5. The van der Waals surface area contributed by atoms with E-state index in [0.717, 1.165) is 22.7 Å². The van der Waals surface area contributed by atoms with Gasteiger partial charge < -0.3 is 10.2 Å². The first-order valence-corrected chi connectivity index (χ1v) is 17.1. The van der Waals surface area contributed by atoms with E-state index in [4.69, 9.17) is 34.8 Å². The Bertz CT molecular complexity index is 1690. The summed E-state index contributed by atoms with van der Waals surface area (Å²) in [5.74, 6) is -0.999. The van der Waals surface area contributed by atoms with Crippen molar-refractivity contribution in [1.82, 2.24) is 10.2 Å². The summed E-state index contributed by atoms with van der Waals surface area (Å²) in [5.41, 5.74) is 1.45. The van der Waals surface area contributed by atoms with Gasteiger partial charge in [-0.05, 0) is 54.4 Å². The van der Waals surface area contributed by atoms with Crippen LogP contribution in [0.1, 0.15) is 30.9 Å². The predicted molar refractivity (Wildman–Crippen MR) is 181 cm³/mol. The number of halogens is 3. The second-order valence-corrected chi connectivity index (χ2v) is 13.5. The van der Waals surface area contributed by atoms with Gasteiger partial charge in [0.25, 0.3) is 10.0 Å². The molecule has 4 aromatic rings. The van der Waals surface area contributed by atoms with Crippen LogP contribution in [0, 0.1) is 0 Å². The highest BCUT2D eigenvalue weighted by Gasteiger charge is 2.35. The smallest absolute Gasteiger partial charge is 0.264 e. The zero-order valence-corrected chi connectivity index (χ0v) is 27.8. The van der Waals surface area contributed by atoms with Gasteiger partial charge in [0.1, 0.15) is 12.6 Å². The van der Waals surface area contributed by atoms with Gasteiger partial charge in [-0.15, -0.1) is 0 Å². The molecule has 2 amide bonds. The number of nitrogens with one attached hydrogen (secondary N) is 1. The third-order valence-corrected chi connectivity index (χ3v) is 9.93. The van der Waals surface area contributed by atoms with Crippen LogP contribution < -0.4 is 9.62 Å². The minimum Gasteiger partial charge on any atom is -0.354 e. The Hall–Kier alpha value is -3.56. The van der Waals surface area contributed by atoms with Crippen LogP contribution in [-0.2, 0) is 32.6 Å². The van der Waals surface area contributed by atoms with E-state index >= 15 is 0 Å². The molecule has 0 aliphatic carbocycles. The van der Waals surface area contributed by atoms with Crippen LogP contribution in [0.2, 0.25) is 15.1 Å². The monoisotopic (exact) mass is 685 g/mol. The van der Waals surface area contributed by atoms with Crippen LogP contribution in [0.15, 0.2) is 108 Å². The molecule has 7 nitrogen and oxygen atoms in total. The van der Waals surface area contributed by atoms with E-state index in [-0.39, 0.29) is 29.5 Å². The maximum absolute atomic E-state index is 14.5. The number of carbonyl (C=O) groups excluding carboxylic acids is 2. The third kappa shape index (κ3) is 9.01. The second kappa shape index (κ2) is 16.1. The number of amides is 2. The summed E-state index contributed by atoms with van der Waals surface area (Å²) in [4.78, 5) is 29.7. The highest BCUT2D eigenvalue weighted by Crippen LogP contribution is 2.30. The number of hydrogen-bond acceptors (Lipinski definition) is 4. The van der Waals surface area contributed by atoms with Crippen molar-refractivity contribution in [2.24, 2.45) is 0 Å². The molecular weight excluding hydrogens is 653 g/mol. The van der Waals surface area contributed by atoms with Crippen molar-refractivity contribution in [2.75, 3.05) is 17.4 Å². The molecule has 4 aromatic carbocycles. The van der Waals surface area contributed by atoms with Crippen molar-refractivity contribution < 1.29 is 18.0 Å². The molecule has 0 bridgehead atoms. The van der Waals surface area contributed by atoms with E-state index in [2.05, 4.69) is 5.32 Å². The molecule has 0 aliphatic heterocycles. The van der Waals surface area contributed by atoms with Gasteiger partial charge in [0.05, 0.1) is 10.6 Å². The lowest BCUT2D eigenvalue weighted by Gasteiger charge is -2.34. The van der Waals surface area contributed by atoms with E-state index in [1.54, 1.807) is 54.6 Å². The molecule has 0 saturated heterocycles. The SMILES string of the molecule is CCCCNC(=O)C(Cc1ccccc1)N(Cc1c(Cl)cccc1Cl)C(=O)CN(c1cccc(Cl)c1)S(=O)(=O)c1ccccc1. The van der Waals surface area contributed by atoms with E-state index < -0.39 is 28.5 Å². The van der Waals surface area contributed by atoms with Gasteiger partial charge >= 0.3 is 0 Å². The van der Waals surface area contributed by atoms with Gasteiger partial charge in [0, 0.05) is 40.1 Å². The largest absolute Gasteiger partial charge is 0.354 e. The second-order valence-electron chi connectivity index (χ2n) is 10.4. The van der Waals surface area contributed by atoms with Crippen molar-refractivity contribution >= 4 is 62.3 Å². The summed E-state index contributed by atoms with van der Waals surface area (Å²) in [6, 6.07) is 27.4. The number of unbranched alkanes of at least 4 members (excludes halogenated alkanes) is 1. The minimum absolute atomic E-state index is 0.00313. The highest BCUT2D eigenvalue weighted by atomic mass is 35.5. The zero-order valence-electron chi connectivity index (χ0n) is 24.7. The van der Waals surface area contributed by atoms with Crippen LogP contribution in [-0.4, -0.2) is 44.3 Å². The lowest BCUT2D eigenvalue weighted by molar-refractivity contribution is -0.140. The van der Waals surface area contributed by atoms with Crippen LogP contribution in [0.3, 0.4) is 0 Å². The molecule has 0 aromatic heterocycles. The topological polar surface area (TPSA) is 86.8 Å². The molecule has 0 saturated carbocycles. The predicted octanol–water partition coefficient (Wildman–Crippen LogP) is 7.40. The first kappa shape index (κ1) is 34.3. The average molecular weight is 687 g/mol. The molecule has 1 atom stereocenters. The van der Waals surface area contributed by atoms with Gasteiger partial charge in [0.2, 0.25) is 11.8 Å². The molecule has 236 valence electrons. The zero-order chi connectivity index (χ0) is 32.4. The Labute approximate surface area is 279 Å². The number of hydrogen-bond donors (Lipinski definition) is 1.